The van der Waals surface area contributed by atoms with Gasteiger partial charge in [0.1, 0.15) is 11.8 Å². The first kappa shape index (κ1) is 6.29. The Morgan fingerprint density at radius 3 is 3.00 bits per heavy atom. The standard InChI is InChI=1S/C5H5N5/c6-1-3(7)4-5(8)10-2-9-4/h2,7H,8H2,(H,9,10). The molecule has 50 valence electrons. The van der Waals surface area contributed by atoms with Crippen LogP contribution in [0.4, 0.5) is 5.82 Å². The van der Waals surface area contributed by atoms with Crippen LogP contribution in [-0.2, 0) is 0 Å². The summed E-state index contributed by atoms with van der Waals surface area (Å²) in [5.74, 6) is 0.187. The average Bonchev–Trinajstić information content (AvgIpc) is 2.34. The summed E-state index contributed by atoms with van der Waals surface area (Å²) in [4.78, 5) is 6.19. The van der Waals surface area contributed by atoms with E-state index in [4.69, 9.17) is 16.4 Å². The number of nitrogens with one attached hydrogen (secondary N) is 2. The third-order valence-electron chi connectivity index (χ3n) is 1.03. The highest BCUT2D eigenvalue weighted by atomic mass is 15.0. The number of nitrogens with zero attached hydrogens (tertiary/aromatic N) is 2. The zero-order valence-corrected chi connectivity index (χ0v) is 5.05. The van der Waals surface area contributed by atoms with Crippen LogP contribution in [0, 0.1) is 16.7 Å². The van der Waals surface area contributed by atoms with Crippen molar-refractivity contribution in [1.82, 2.24) is 9.97 Å². The summed E-state index contributed by atoms with van der Waals surface area (Å²) in [6.45, 7) is 0. The van der Waals surface area contributed by atoms with E-state index in [-0.39, 0.29) is 17.2 Å². The van der Waals surface area contributed by atoms with Gasteiger partial charge in [-0.15, -0.1) is 0 Å². The largest absolute Gasteiger partial charge is 0.382 e. The van der Waals surface area contributed by atoms with Crippen molar-refractivity contribution in [1.29, 1.82) is 10.7 Å². The normalized spacial score (nSPS) is 8.70. The van der Waals surface area contributed by atoms with Gasteiger partial charge in [0.25, 0.3) is 0 Å². The maximum Gasteiger partial charge on any atom is 0.159 e. The number of anilines is 1. The fourth-order valence-electron chi connectivity index (χ4n) is 0.561. The highest BCUT2D eigenvalue weighted by Crippen LogP contribution is 2.03. The second-order valence-electron chi connectivity index (χ2n) is 1.65. The van der Waals surface area contributed by atoms with Crippen LogP contribution in [0.2, 0.25) is 0 Å². The average molecular weight is 135 g/mol. The minimum absolute atomic E-state index is 0.187. The fourth-order valence-corrected chi connectivity index (χ4v) is 0.561. The van der Waals surface area contributed by atoms with E-state index < -0.39 is 0 Å². The third kappa shape index (κ3) is 0.821. The zero-order chi connectivity index (χ0) is 7.56. The number of hydrogen-bond donors (Lipinski definition) is 3. The number of hydrogen-bond acceptors (Lipinski definition) is 4. The van der Waals surface area contributed by atoms with Gasteiger partial charge in [0.15, 0.2) is 11.5 Å². The molecule has 0 amide bonds. The molecule has 0 saturated carbocycles. The van der Waals surface area contributed by atoms with Crippen LogP contribution in [0.25, 0.3) is 0 Å². The Labute approximate surface area is 57.0 Å². The van der Waals surface area contributed by atoms with Gasteiger partial charge in [-0.3, -0.25) is 5.41 Å². The Morgan fingerprint density at radius 2 is 2.60 bits per heavy atom. The quantitative estimate of drug-likeness (QED) is 0.468. The molecule has 0 aromatic carbocycles. The summed E-state index contributed by atoms with van der Waals surface area (Å²) in [5.41, 5.74) is 5.36. The predicted octanol–water partition coefficient (Wildman–Crippen LogP) is -0.117. The zero-order valence-electron chi connectivity index (χ0n) is 5.05. The fraction of sp³-hybridized carbons (Fsp3) is 0. The lowest BCUT2D eigenvalue weighted by atomic mass is 10.3. The first-order valence-corrected chi connectivity index (χ1v) is 2.53. The van der Waals surface area contributed by atoms with Gasteiger partial charge in [-0.25, -0.2) is 4.98 Å². The van der Waals surface area contributed by atoms with E-state index in [1.165, 1.54) is 6.33 Å². The lowest BCUT2D eigenvalue weighted by molar-refractivity contribution is 1.30. The second kappa shape index (κ2) is 2.19. The van der Waals surface area contributed by atoms with Crippen molar-refractivity contribution in [2.24, 2.45) is 0 Å². The first-order chi connectivity index (χ1) is 4.75. The Balaban J connectivity index is 3.08. The number of nitrogen functional groups attached to an aromatic ring is 1. The SMILES string of the molecule is N#CC(=N)c1[nH]cnc1N. The minimum atomic E-state index is -0.199. The smallest absolute Gasteiger partial charge is 0.159 e. The lowest BCUT2D eigenvalue weighted by Crippen LogP contribution is -1.99. The van der Waals surface area contributed by atoms with Gasteiger partial charge >= 0.3 is 0 Å². The number of rotatable bonds is 1. The van der Waals surface area contributed by atoms with Crippen molar-refractivity contribution in [2.45, 2.75) is 0 Å². The molecule has 1 aromatic heterocycles. The first-order valence-electron chi connectivity index (χ1n) is 2.53. The van der Waals surface area contributed by atoms with Crippen molar-refractivity contribution in [3.8, 4) is 6.07 Å². The van der Waals surface area contributed by atoms with Gasteiger partial charge in [0, 0.05) is 0 Å². The lowest BCUT2D eigenvalue weighted by Gasteiger charge is -1.88. The molecule has 1 rings (SSSR count). The number of nitriles is 1. The monoisotopic (exact) mass is 135 g/mol. The highest BCUT2D eigenvalue weighted by molar-refractivity contribution is 6.10. The summed E-state index contributed by atoms with van der Waals surface area (Å²) in [6.07, 6.45) is 1.34. The molecule has 1 aromatic rings. The second-order valence-corrected chi connectivity index (χ2v) is 1.65. The van der Waals surface area contributed by atoms with Gasteiger partial charge in [-0.1, -0.05) is 0 Å². The topological polar surface area (TPSA) is 102 Å². The van der Waals surface area contributed by atoms with E-state index in [1.54, 1.807) is 6.07 Å². The molecule has 0 spiro atoms. The molecule has 0 saturated heterocycles. The Bertz CT molecular complexity index is 291. The van der Waals surface area contributed by atoms with Gasteiger partial charge in [-0.05, 0) is 0 Å². The van der Waals surface area contributed by atoms with Crippen LogP contribution >= 0.6 is 0 Å². The summed E-state index contributed by atoms with van der Waals surface area (Å²) in [5, 5.41) is 15.3. The molecule has 10 heavy (non-hydrogen) atoms. The molecule has 4 N–H and O–H groups in total. The molecule has 0 fully saturated rings. The molecule has 0 unspecified atom stereocenters. The summed E-state index contributed by atoms with van der Waals surface area (Å²) >= 11 is 0. The molecule has 0 atom stereocenters. The summed E-state index contributed by atoms with van der Waals surface area (Å²) < 4.78 is 0. The Hall–Kier alpha value is -1.83. The number of imidazole rings is 1. The molecule has 5 heteroatoms. The van der Waals surface area contributed by atoms with Crippen LogP contribution in [0.3, 0.4) is 0 Å². The van der Waals surface area contributed by atoms with Crippen molar-refractivity contribution >= 4 is 11.5 Å². The molecule has 0 aliphatic heterocycles. The molecule has 0 bridgehead atoms. The van der Waals surface area contributed by atoms with Crippen LogP contribution < -0.4 is 5.73 Å². The maximum absolute atomic E-state index is 8.25. The molecular formula is C5H5N5. The highest BCUT2D eigenvalue weighted by Gasteiger charge is 2.05. The summed E-state index contributed by atoms with van der Waals surface area (Å²) in [7, 11) is 0. The van der Waals surface area contributed by atoms with E-state index in [9.17, 15) is 0 Å². The molecule has 0 aliphatic carbocycles. The Kier molecular flexibility index (Phi) is 1.38. The Morgan fingerprint density at radius 1 is 1.90 bits per heavy atom. The predicted molar refractivity (Wildman–Crippen MR) is 35.4 cm³/mol. The van der Waals surface area contributed by atoms with Crippen molar-refractivity contribution < 1.29 is 0 Å². The van der Waals surface area contributed by atoms with E-state index in [0.29, 0.717) is 0 Å². The van der Waals surface area contributed by atoms with Crippen molar-refractivity contribution in [2.75, 3.05) is 5.73 Å². The van der Waals surface area contributed by atoms with Gasteiger partial charge < -0.3 is 10.7 Å². The van der Waals surface area contributed by atoms with Crippen LogP contribution in [0.15, 0.2) is 6.33 Å². The molecule has 0 aliphatic rings. The molecular weight excluding hydrogens is 130 g/mol. The van der Waals surface area contributed by atoms with E-state index in [0.717, 1.165) is 0 Å². The number of aromatic nitrogens is 2. The summed E-state index contributed by atoms with van der Waals surface area (Å²) in [6, 6.07) is 1.64. The maximum atomic E-state index is 8.25. The van der Waals surface area contributed by atoms with E-state index >= 15 is 0 Å². The van der Waals surface area contributed by atoms with Crippen LogP contribution in [-0.4, -0.2) is 15.7 Å². The van der Waals surface area contributed by atoms with E-state index in [1.807, 2.05) is 0 Å². The van der Waals surface area contributed by atoms with Crippen LogP contribution in [0.5, 0.6) is 0 Å². The third-order valence-corrected chi connectivity index (χ3v) is 1.03. The van der Waals surface area contributed by atoms with Gasteiger partial charge in [-0.2, -0.15) is 5.26 Å². The molecule has 1 heterocycles. The minimum Gasteiger partial charge on any atom is -0.382 e. The van der Waals surface area contributed by atoms with E-state index in [2.05, 4.69) is 9.97 Å². The molecule has 5 nitrogen and oxygen atoms in total. The van der Waals surface area contributed by atoms with Crippen molar-refractivity contribution in [3.63, 3.8) is 0 Å². The molecule has 0 radical (unpaired) electrons. The number of nitrogens with two attached hydrogens (primary N) is 1. The van der Waals surface area contributed by atoms with Gasteiger partial charge in [0.05, 0.1) is 6.33 Å². The van der Waals surface area contributed by atoms with Crippen LogP contribution in [0.1, 0.15) is 5.69 Å². The van der Waals surface area contributed by atoms with Gasteiger partial charge in [0.2, 0.25) is 0 Å². The van der Waals surface area contributed by atoms with Crippen molar-refractivity contribution in [3.05, 3.63) is 12.0 Å². The number of H-pyrrole nitrogens is 1. The number of aromatic amines is 1.